The lowest BCUT2D eigenvalue weighted by atomic mass is 10.1. The smallest absolute Gasteiger partial charge is 0.310 e. The molecule has 6 heteroatoms. The number of carbonyl (C=O) groups is 2. The predicted molar refractivity (Wildman–Crippen MR) is 98.7 cm³/mol. The van der Waals surface area contributed by atoms with Crippen LogP contribution in [-0.2, 0) is 27.2 Å². The van der Waals surface area contributed by atoms with Gasteiger partial charge in [-0.3, -0.25) is 9.59 Å². The monoisotopic (exact) mass is 357 g/mol. The van der Waals surface area contributed by atoms with E-state index in [0.29, 0.717) is 23.8 Å². The molecule has 2 aromatic carbocycles. The number of amides is 1. The Hall–Kier alpha value is -3.02. The van der Waals surface area contributed by atoms with Gasteiger partial charge in [-0.15, -0.1) is 0 Å². The predicted octanol–water partition coefficient (Wildman–Crippen LogP) is 2.99. The van der Waals surface area contributed by atoms with Gasteiger partial charge in [-0.1, -0.05) is 18.2 Å². The Kier molecular flexibility index (Phi) is 7.02. The molecule has 0 spiro atoms. The summed E-state index contributed by atoms with van der Waals surface area (Å²) in [6.07, 6.45) is 0.429. The summed E-state index contributed by atoms with van der Waals surface area (Å²) in [7, 11) is 3.12. The maximum atomic E-state index is 12.2. The van der Waals surface area contributed by atoms with E-state index in [1.54, 1.807) is 57.5 Å². The van der Waals surface area contributed by atoms with Crippen LogP contribution >= 0.6 is 0 Å². The Morgan fingerprint density at radius 3 is 2.15 bits per heavy atom. The van der Waals surface area contributed by atoms with E-state index in [0.717, 1.165) is 11.1 Å². The second kappa shape index (κ2) is 9.46. The van der Waals surface area contributed by atoms with Gasteiger partial charge in [-0.05, 0) is 42.3 Å². The van der Waals surface area contributed by atoms with Crippen molar-refractivity contribution in [2.24, 2.45) is 0 Å². The van der Waals surface area contributed by atoms with Gasteiger partial charge >= 0.3 is 5.97 Å². The molecule has 0 aromatic heterocycles. The highest BCUT2D eigenvalue weighted by molar-refractivity contribution is 5.92. The Bertz CT molecular complexity index is 755. The summed E-state index contributed by atoms with van der Waals surface area (Å²) in [5.41, 5.74) is 2.32. The van der Waals surface area contributed by atoms with Gasteiger partial charge in [-0.25, -0.2) is 0 Å². The van der Waals surface area contributed by atoms with E-state index in [4.69, 9.17) is 14.2 Å². The van der Waals surface area contributed by atoms with E-state index in [1.807, 2.05) is 6.07 Å². The molecule has 0 heterocycles. The minimum Gasteiger partial charge on any atom is -0.493 e. The summed E-state index contributed by atoms with van der Waals surface area (Å²) in [6, 6.07) is 12.5. The number of hydrogen-bond donors (Lipinski definition) is 1. The molecule has 0 aliphatic carbocycles. The SMILES string of the molecule is CCOC(=O)Cc1ccc(NC(=O)Cc2ccc(OC)c(OC)c2)cc1. The van der Waals surface area contributed by atoms with Crippen LogP contribution in [0.4, 0.5) is 5.69 Å². The summed E-state index contributed by atoms with van der Waals surface area (Å²) >= 11 is 0. The third-order valence-corrected chi connectivity index (χ3v) is 3.70. The zero-order valence-electron chi connectivity index (χ0n) is 15.2. The third kappa shape index (κ3) is 5.51. The number of ether oxygens (including phenoxy) is 3. The molecule has 2 rings (SSSR count). The van der Waals surface area contributed by atoms with Gasteiger partial charge in [0.15, 0.2) is 11.5 Å². The molecule has 6 nitrogen and oxygen atoms in total. The van der Waals surface area contributed by atoms with Gasteiger partial charge in [0.2, 0.25) is 5.91 Å². The molecular formula is C20H23NO5. The molecule has 0 unspecified atom stereocenters. The van der Waals surface area contributed by atoms with Crippen molar-refractivity contribution < 1.29 is 23.8 Å². The lowest BCUT2D eigenvalue weighted by molar-refractivity contribution is -0.142. The number of nitrogens with one attached hydrogen (secondary N) is 1. The lowest BCUT2D eigenvalue weighted by Crippen LogP contribution is -2.14. The summed E-state index contributed by atoms with van der Waals surface area (Å²) in [6.45, 7) is 2.14. The number of carbonyl (C=O) groups excluding carboxylic acids is 2. The Morgan fingerprint density at radius 2 is 1.54 bits per heavy atom. The molecule has 1 N–H and O–H groups in total. The van der Waals surface area contributed by atoms with Crippen LogP contribution in [0.2, 0.25) is 0 Å². The average Bonchev–Trinajstić information content (AvgIpc) is 2.63. The Labute approximate surface area is 153 Å². The quantitative estimate of drug-likeness (QED) is 0.735. The molecule has 0 atom stereocenters. The van der Waals surface area contributed by atoms with Crippen LogP contribution in [0.1, 0.15) is 18.1 Å². The first-order chi connectivity index (χ1) is 12.5. The zero-order chi connectivity index (χ0) is 18.9. The summed E-state index contributed by atoms with van der Waals surface area (Å²) in [5.74, 6) is 0.795. The fourth-order valence-electron chi connectivity index (χ4n) is 2.47. The molecule has 2 aromatic rings. The summed E-state index contributed by atoms with van der Waals surface area (Å²) in [5, 5.41) is 2.83. The minimum atomic E-state index is -0.266. The number of anilines is 1. The van der Waals surface area contributed by atoms with Gasteiger partial charge < -0.3 is 19.5 Å². The highest BCUT2D eigenvalue weighted by atomic mass is 16.5. The van der Waals surface area contributed by atoms with E-state index in [1.165, 1.54) is 0 Å². The highest BCUT2D eigenvalue weighted by Crippen LogP contribution is 2.27. The number of esters is 1. The fraction of sp³-hybridized carbons (Fsp3) is 0.300. The van der Waals surface area contributed by atoms with Crippen LogP contribution in [0.5, 0.6) is 11.5 Å². The van der Waals surface area contributed by atoms with Gasteiger partial charge in [0.1, 0.15) is 0 Å². The van der Waals surface area contributed by atoms with Crippen LogP contribution in [0.3, 0.4) is 0 Å². The van der Waals surface area contributed by atoms with Crippen molar-refractivity contribution in [3.8, 4) is 11.5 Å². The zero-order valence-corrected chi connectivity index (χ0v) is 15.2. The molecular weight excluding hydrogens is 334 g/mol. The molecule has 0 aliphatic heterocycles. The van der Waals surface area contributed by atoms with Crippen molar-refractivity contribution in [3.05, 3.63) is 53.6 Å². The van der Waals surface area contributed by atoms with Gasteiger partial charge in [0.05, 0.1) is 33.7 Å². The van der Waals surface area contributed by atoms with E-state index in [9.17, 15) is 9.59 Å². The average molecular weight is 357 g/mol. The largest absolute Gasteiger partial charge is 0.493 e. The molecule has 0 saturated heterocycles. The van der Waals surface area contributed by atoms with E-state index in [2.05, 4.69) is 5.32 Å². The topological polar surface area (TPSA) is 73.9 Å². The standard InChI is InChI=1S/C20H23NO5/c1-4-26-20(23)13-14-5-8-16(9-6-14)21-19(22)12-15-7-10-17(24-2)18(11-15)25-3/h5-11H,4,12-13H2,1-3H3,(H,21,22). The molecule has 0 radical (unpaired) electrons. The number of rotatable bonds is 8. The Morgan fingerprint density at radius 1 is 0.885 bits per heavy atom. The van der Waals surface area contributed by atoms with E-state index < -0.39 is 0 Å². The van der Waals surface area contributed by atoms with Crippen molar-refractivity contribution in [1.82, 2.24) is 0 Å². The Balaban J connectivity index is 1.94. The maximum absolute atomic E-state index is 12.2. The fourth-order valence-corrected chi connectivity index (χ4v) is 2.47. The summed E-state index contributed by atoms with van der Waals surface area (Å²) < 4.78 is 15.3. The van der Waals surface area contributed by atoms with Crippen LogP contribution in [-0.4, -0.2) is 32.7 Å². The second-order valence-electron chi connectivity index (χ2n) is 5.59. The van der Waals surface area contributed by atoms with Crippen LogP contribution in [0, 0.1) is 0 Å². The van der Waals surface area contributed by atoms with Crippen LogP contribution in [0.25, 0.3) is 0 Å². The molecule has 0 bridgehead atoms. The minimum absolute atomic E-state index is 0.143. The molecule has 1 amide bonds. The van der Waals surface area contributed by atoms with Crippen molar-refractivity contribution in [3.63, 3.8) is 0 Å². The first kappa shape index (κ1) is 19.3. The molecule has 0 saturated carbocycles. The van der Waals surface area contributed by atoms with Crippen molar-refractivity contribution in [2.75, 3.05) is 26.1 Å². The number of hydrogen-bond acceptors (Lipinski definition) is 5. The van der Waals surface area contributed by atoms with Crippen molar-refractivity contribution in [1.29, 1.82) is 0 Å². The van der Waals surface area contributed by atoms with Crippen LogP contribution in [0.15, 0.2) is 42.5 Å². The number of benzene rings is 2. The normalized spacial score (nSPS) is 10.1. The van der Waals surface area contributed by atoms with E-state index in [-0.39, 0.29) is 24.7 Å². The molecule has 138 valence electrons. The maximum Gasteiger partial charge on any atom is 0.310 e. The number of methoxy groups -OCH3 is 2. The van der Waals surface area contributed by atoms with Crippen molar-refractivity contribution >= 4 is 17.6 Å². The first-order valence-corrected chi connectivity index (χ1v) is 8.31. The third-order valence-electron chi connectivity index (χ3n) is 3.70. The molecule has 0 fully saturated rings. The second-order valence-corrected chi connectivity index (χ2v) is 5.59. The summed E-state index contributed by atoms with van der Waals surface area (Å²) in [4.78, 5) is 23.7. The first-order valence-electron chi connectivity index (χ1n) is 8.31. The van der Waals surface area contributed by atoms with Gasteiger partial charge in [0.25, 0.3) is 0 Å². The molecule has 0 aliphatic rings. The lowest BCUT2D eigenvalue weighted by Gasteiger charge is -2.10. The highest BCUT2D eigenvalue weighted by Gasteiger charge is 2.09. The van der Waals surface area contributed by atoms with Crippen LogP contribution < -0.4 is 14.8 Å². The van der Waals surface area contributed by atoms with Gasteiger partial charge in [-0.2, -0.15) is 0 Å². The van der Waals surface area contributed by atoms with Gasteiger partial charge in [0, 0.05) is 5.69 Å². The van der Waals surface area contributed by atoms with E-state index >= 15 is 0 Å². The van der Waals surface area contributed by atoms with Crippen molar-refractivity contribution in [2.45, 2.75) is 19.8 Å². The molecule has 26 heavy (non-hydrogen) atoms.